The zero-order valence-corrected chi connectivity index (χ0v) is 12.0. The standard InChI is InChI=1S/C11H8Br2FN3/c1-15-11-8(13)5-16-10(17-11)6-2-3-7(12)9(14)4-6/h2-5H,1H3,(H,15,16,17). The van der Waals surface area contributed by atoms with Gasteiger partial charge in [-0.2, -0.15) is 0 Å². The predicted molar refractivity (Wildman–Crippen MR) is 72.4 cm³/mol. The second-order valence-electron chi connectivity index (χ2n) is 3.27. The molecule has 88 valence electrons. The quantitative estimate of drug-likeness (QED) is 0.883. The molecule has 0 spiro atoms. The van der Waals surface area contributed by atoms with E-state index in [1.54, 1.807) is 25.4 Å². The van der Waals surface area contributed by atoms with E-state index in [9.17, 15) is 4.39 Å². The number of nitrogens with zero attached hydrogens (tertiary/aromatic N) is 2. The molecule has 2 aromatic rings. The lowest BCUT2D eigenvalue weighted by atomic mass is 10.2. The van der Waals surface area contributed by atoms with E-state index in [-0.39, 0.29) is 5.82 Å². The molecule has 0 radical (unpaired) electrons. The van der Waals surface area contributed by atoms with Crippen LogP contribution in [0.3, 0.4) is 0 Å². The van der Waals surface area contributed by atoms with Gasteiger partial charge in [0.25, 0.3) is 0 Å². The second-order valence-corrected chi connectivity index (χ2v) is 4.98. The van der Waals surface area contributed by atoms with Crippen molar-refractivity contribution in [3.05, 3.63) is 39.2 Å². The Bertz CT molecular complexity index is 560. The number of benzene rings is 1. The highest BCUT2D eigenvalue weighted by Crippen LogP contribution is 2.25. The van der Waals surface area contributed by atoms with Crippen LogP contribution in [0.1, 0.15) is 0 Å². The van der Waals surface area contributed by atoms with Gasteiger partial charge < -0.3 is 5.32 Å². The van der Waals surface area contributed by atoms with Crippen LogP contribution in [-0.2, 0) is 0 Å². The van der Waals surface area contributed by atoms with Crippen molar-refractivity contribution in [1.82, 2.24) is 9.97 Å². The van der Waals surface area contributed by atoms with Crippen LogP contribution in [-0.4, -0.2) is 17.0 Å². The molecule has 0 bridgehead atoms. The first-order valence-corrected chi connectivity index (χ1v) is 6.36. The molecule has 0 amide bonds. The van der Waals surface area contributed by atoms with Crippen molar-refractivity contribution < 1.29 is 4.39 Å². The van der Waals surface area contributed by atoms with Gasteiger partial charge in [-0.1, -0.05) is 0 Å². The first-order chi connectivity index (χ1) is 8.11. The van der Waals surface area contributed by atoms with Crippen LogP contribution in [0.2, 0.25) is 0 Å². The number of hydrogen-bond donors (Lipinski definition) is 1. The molecule has 17 heavy (non-hydrogen) atoms. The molecular weight excluding hydrogens is 353 g/mol. The van der Waals surface area contributed by atoms with Crippen LogP contribution in [0.4, 0.5) is 10.2 Å². The minimum atomic E-state index is -0.333. The van der Waals surface area contributed by atoms with Crippen LogP contribution in [0.5, 0.6) is 0 Å². The molecule has 0 atom stereocenters. The Morgan fingerprint density at radius 3 is 2.65 bits per heavy atom. The largest absolute Gasteiger partial charge is 0.372 e. The van der Waals surface area contributed by atoms with E-state index in [0.29, 0.717) is 21.7 Å². The van der Waals surface area contributed by atoms with Crippen molar-refractivity contribution in [2.24, 2.45) is 0 Å². The van der Waals surface area contributed by atoms with E-state index >= 15 is 0 Å². The van der Waals surface area contributed by atoms with Crippen LogP contribution < -0.4 is 5.32 Å². The van der Waals surface area contributed by atoms with Crippen LogP contribution >= 0.6 is 31.9 Å². The maximum atomic E-state index is 13.4. The van der Waals surface area contributed by atoms with E-state index in [4.69, 9.17) is 0 Å². The highest BCUT2D eigenvalue weighted by Gasteiger charge is 2.08. The number of halogens is 3. The number of aromatic nitrogens is 2. The molecule has 0 aliphatic carbocycles. The Morgan fingerprint density at radius 2 is 2.00 bits per heavy atom. The van der Waals surface area contributed by atoms with Gasteiger partial charge in [0.1, 0.15) is 11.6 Å². The van der Waals surface area contributed by atoms with Crippen LogP contribution in [0.25, 0.3) is 11.4 Å². The summed E-state index contributed by atoms with van der Waals surface area (Å²) >= 11 is 6.43. The van der Waals surface area contributed by atoms with E-state index in [1.807, 2.05) is 0 Å². The lowest BCUT2D eigenvalue weighted by Crippen LogP contribution is -1.97. The van der Waals surface area contributed by atoms with Crippen molar-refractivity contribution in [2.45, 2.75) is 0 Å². The van der Waals surface area contributed by atoms with Crippen molar-refractivity contribution in [3.8, 4) is 11.4 Å². The molecule has 0 aliphatic heterocycles. The highest BCUT2D eigenvalue weighted by atomic mass is 79.9. The third-order valence-electron chi connectivity index (χ3n) is 2.16. The summed E-state index contributed by atoms with van der Waals surface area (Å²) in [5, 5.41) is 2.93. The molecule has 6 heteroatoms. The molecule has 1 aromatic heterocycles. The van der Waals surface area contributed by atoms with Gasteiger partial charge in [0, 0.05) is 18.8 Å². The van der Waals surface area contributed by atoms with E-state index in [0.717, 1.165) is 4.47 Å². The zero-order chi connectivity index (χ0) is 12.4. The molecule has 1 heterocycles. The lowest BCUT2D eigenvalue weighted by molar-refractivity contribution is 0.621. The Morgan fingerprint density at radius 1 is 1.24 bits per heavy atom. The van der Waals surface area contributed by atoms with Crippen molar-refractivity contribution in [2.75, 3.05) is 12.4 Å². The minimum absolute atomic E-state index is 0.333. The number of nitrogens with one attached hydrogen (secondary N) is 1. The molecule has 0 saturated heterocycles. The topological polar surface area (TPSA) is 37.8 Å². The summed E-state index contributed by atoms with van der Waals surface area (Å²) in [6.07, 6.45) is 1.63. The summed E-state index contributed by atoms with van der Waals surface area (Å²) in [5.41, 5.74) is 0.634. The average molecular weight is 361 g/mol. The van der Waals surface area contributed by atoms with Gasteiger partial charge >= 0.3 is 0 Å². The molecule has 0 saturated carbocycles. The molecule has 0 fully saturated rings. The van der Waals surface area contributed by atoms with E-state index in [2.05, 4.69) is 47.1 Å². The summed E-state index contributed by atoms with van der Waals surface area (Å²) in [6.45, 7) is 0. The van der Waals surface area contributed by atoms with Gasteiger partial charge in [0.2, 0.25) is 0 Å². The monoisotopic (exact) mass is 359 g/mol. The fourth-order valence-corrected chi connectivity index (χ4v) is 1.95. The molecule has 0 aliphatic rings. The minimum Gasteiger partial charge on any atom is -0.372 e. The molecule has 0 unspecified atom stereocenters. The van der Waals surface area contributed by atoms with Crippen LogP contribution in [0, 0.1) is 5.82 Å². The van der Waals surface area contributed by atoms with Crippen molar-refractivity contribution in [1.29, 1.82) is 0 Å². The Labute approximate surface area is 115 Å². The fourth-order valence-electron chi connectivity index (χ4n) is 1.32. The van der Waals surface area contributed by atoms with Gasteiger partial charge in [-0.05, 0) is 50.1 Å². The van der Waals surface area contributed by atoms with Gasteiger partial charge in [0.05, 0.1) is 8.95 Å². The summed E-state index contributed by atoms with van der Waals surface area (Å²) in [4.78, 5) is 8.43. The van der Waals surface area contributed by atoms with Crippen molar-refractivity contribution in [3.63, 3.8) is 0 Å². The number of hydrogen-bond acceptors (Lipinski definition) is 3. The molecule has 1 aromatic carbocycles. The summed E-state index contributed by atoms with van der Waals surface area (Å²) in [7, 11) is 1.76. The molecular formula is C11H8Br2FN3. The van der Waals surface area contributed by atoms with Gasteiger partial charge in [-0.15, -0.1) is 0 Å². The fraction of sp³-hybridized carbons (Fsp3) is 0.0909. The van der Waals surface area contributed by atoms with E-state index < -0.39 is 0 Å². The molecule has 1 N–H and O–H groups in total. The Kier molecular flexibility index (Phi) is 3.73. The number of rotatable bonds is 2. The first kappa shape index (κ1) is 12.4. The highest BCUT2D eigenvalue weighted by molar-refractivity contribution is 9.10. The third-order valence-corrected chi connectivity index (χ3v) is 3.38. The SMILES string of the molecule is CNc1nc(-c2ccc(Br)c(F)c2)ncc1Br. The Balaban J connectivity index is 2.49. The normalized spacial score (nSPS) is 10.4. The summed E-state index contributed by atoms with van der Waals surface area (Å²) in [6, 6.07) is 4.79. The number of anilines is 1. The summed E-state index contributed by atoms with van der Waals surface area (Å²) < 4.78 is 14.6. The average Bonchev–Trinajstić information content (AvgIpc) is 2.33. The Hall–Kier alpha value is -1.01. The first-order valence-electron chi connectivity index (χ1n) is 4.77. The molecule has 3 nitrogen and oxygen atoms in total. The van der Waals surface area contributed by atoms with Crippen LogP contribution in [0.15, 0.2) is 33.3 Å². The van der Waals surface area contributed by atoms with Gasteiger partial charge in [-0.25, -0.2) is 14.4 Å². The smallest absolute Gasteiger partial charge is 0.161 e. The second kappa shape index (κ2) is 5.10. The van der Waals surface area contributed by atoms with Crippen molar-refractivity contribution >= 4 is 37.7 Å². The van der Waals surface area contributed by atoms with Gasteiger partial charge in [0.15, 0.2) is 5.82 Å². The maximum absolute atomic E-state index is 13.4. The van der Waals surface area contributed by atoms with E-state index in [1.165, 1.54) is 6.07 Å². The maximum Gasteiger partial charge on any atom is 0.161 e. The summed E-state index contributed by atoms with van der Waals surface area (Å²) in [5.74, 6) is 0.808. The zero-order valence-electron chi connectivity index (χ0n) is 8.84. The molecule has 2 rings (SSSR count). The lowest BCUT2D eigenvalue weighted by Gasteiger charge is -2.06. The third kappa shape index (κ3) is 2.63. The predicted octanol–water partition coefficient (Wildman–Crippen LogP) is 3.85. The van der Waals surface area contributed by atoms with Gasteiger partial charge in [-0.3, -0.25) is 0 Å².